The van der Waals surface area contributed by atoms with Crippen molar-refractivity contribution in [1.29, 1.82) is 0 Å². The number of likely N-dealkylation sites (tertiary alicyclic amines) is 1. The molecule has 6 nitrogen and oxygen atoms in total. The van der Waals surface area contributed by atoms with Crippen molar-refractivity contribution in [2.75, 3.05) is 13.6 Å². The SMILES string of the molecule is Cc1cc(CN(C)C(=O)C2CC(=O)N(C(C)C)C2)no1. The molecule has 1 saturated heterocycles. The van der Waals surface area contributed by atoms with Crippen LogP contribution in [0.25, 0.3) is 0 Å². The van der Waals surface area contributed by atoms with E-state index in [9.17, 15) is 9.59 Å². The Kier molecular flexibility index (Phi) is 4.11. The van der Waals surface area contributed by atoms with E-state index in [1.165, 1.54) is 0 Å². The van der Waals surface area contributed by atoms with E-state index in [0.29, 0.717) is 19.5 Å². The normalized spacial score (nSPS) is 18.9. The number of aromatic nitrogens is 1. The molecule has 0 aliphatic carbocycles. The predicted octanol–water partition coefficient (Wildman–Crippen LogP) is 1.20. The first-order valence-corrected chi connectivity index (χ1v) is 6.85. The van der Waals surface area contributed by atoms with Gasteiger partial charge in [-0.3, -0.25) is 9.59 Å². The minimum absolute atomic E-state index is 0.0119. The van der Waals surface area contributed by atoms with Gasteiger partial charge in [0.15, 0.2) is 0 Å². The standard InChI is InChI=1S/C14H21N3O3/c1-9(2)17-7-11(6-13(17)18)14(19)16(4)8-12-5-10(3)20-15-12/h5,9,11H,6-8H2,1-4H3. The van der Waals surface area contributed by atoms with Gasteiger partial charge < -0.3 is 14.3 Å². The zero-order valence-electron chi connectivity index (χ0n) is 12.4. The molecule has 0 spiro atoms. The summed E-state index contributed by atoms with van der Waals surface area (Å²) in [5.41, 5.74) is 0.725. The van der Waals surface area contributed by atoms with Gasteiger partial charge in [-0.1, -0.05) is 5.16 Å². The molecule has 1 aliphatic heterocycles. The monoisotopic (exact) mass is 279 g/mol. The van der Waals surface area contributed by atoms with Crippen LogP contribution < -0.4 is 0 Å². The van der Waals surface area contributed by atoms with E-state index >= 15 is 0 Å². The lowest BCUT2D eigenvalue weighted by Gasteiger charge is -2.22. The second-order valence-corrected chi connectivity index (χ2v) is 5.66. The number of hydrogen-bond acceptors (Lipinski definition) is 4. The fourth-order valence-electron chi connectivity index (χ4n) is 2.52. The van der Waals surface area contributed by atoms with Crippen molar-refractivity contribution < 1.29 is 14.1 Å². The number of rotatable bonds is 4. The van der Waals surface area contributed by atoms with Crippen molar-refractivity contribution in [2.45, 2.75) is 39.8 Å². The summed E-state index contributed by atoms with van der Waals surface area (Å²) in [4.78, 5) is 27.6. The van der Waals surface area contributed by atoms with Gasteiger partial charge >= 0.3 is 0 Å². The van der Waals surface area contributed by atoms with Crippen LogP contribution in [0.2, 0.25) is 0 Å². The molecule has 1 unspecified atom stereocenters. The summed E-state index contributed by atoms with van der Waals surface area (Å²) in [6, 6.07) is 1.95. The van der Waals surface area contributed by atoms with Crippen LogP contribution in [0.15, 0.2) is 10.6 Å². The number of nitrogens with zero attached hydrogens (tertiary/aromatic N) is 3. The maximum absolute atomic E-state index is 12.4. The maximum atomic E-state index is 12.4. The molecule has 1 aromatic rings. The Balaban J connectivity index is 1.96. The molecule has 20 heavy (non-hydrogen) atoms. The lowest BCUT2D eigenvalue weighted by atomic mass is 10.1. The summed E-state index contributed by atoms with van der Waals surface area (Å²) in [5.74, 6) is 0.525. The molecule has 2 rings (SSSR count). The van der Waals surface area contributed by atoms with Gasteiger partial charge in [0.1, 0.15) is 11.5 Å². The second-order valence-electron chi connectivity index (χ2n) is 5.66. The Bertz CT molecular complexity index is 510. The highest BCUT2D eigenvalue weighted by Gasteiger charge is 2.36. The lowest BCUT2D eigenvalue weighted by molar-refractivity contribution is -0.135. The number of carbonyl (C=O) groups is 2. The molecule has 0 saturated carbocycles. The average Bonchev–Trinajstić information content (AvgIpc) is 2.94. The third-order valence-corrected chi connectivity index (χ3v) is 3.58. The highest BCUT2D eigenvalue weighted by molar-refractivity contribution is 5.89. The summed E-state index contributed by atoms with van der Waals surface area (Å²) in [6.07, 6.45) is 0.305. The highest BCUT2D eigenvalue weighted by atomic mass is 16.5. The average molecular weight is 279 g/mol. The number of hydrogen-bond donors (Lipinski definition) is 0. The van der Waals surface area contributed by atoms with Gasteiger partial charge in [-0.25, -0.2) is 0 Å². The summed E-state index contributed by atoms with van der Waals surface area (Å²) in [5, 5.41) is 3.88. The van der Waals surface area contributed by atoms with E-state index in [2.05, 4.69) is 5.16 Å². The smallest absolute Gasteiger partial charge is 0.228 e. The molecule has 2 amide bonds. The molecule has 0 radical (unpaired) electrons. The molecule has 1 aliphatic rings. The third-order valence-electron chi connectivity index (χ3n) is 3.58. The van der Waals surface area contributed by atoms with E-state index in [4.69, 9.17) is 4.52 Å². The highest BCUT2D eigenvalue weighted by Crippen LogP contribution is 2.22. The van der Waals surface area contributed by atoms with Gasteiger partial charge in [0.2, 0.25) is 11.8 Å². The molecule has 110 valence electrons. The van der Waals surface area contributed by atoms with E-state index in [0.717, 1.165) is 11.5 Å². The summed E-state index contributed by atoms with van der Waals surface area (Å²) < 4.78 is 4.99. The molecule has 0 aromatic carbocycles. The zero-order chi connectivity index (χ0) is 14.9. The summed E-state index contributed by atoms with van der Waals surface area (Å²) in [7, 11) is 1.73. The molecule has 0 bridgehead atoms. The Morgan fingerprint density at radius 2 is 2.30 bits per heavy atom. The Labute approximate surface area is 118 Å². The van der Waals surface area contributed by atoms with Crippen molar-refractivity contribution in [1.82, 2.24) is 15.0 Å². The largest absolute Gasteiger partial charge is 0.361 e. The van der Waals surface area contributed by atoms with Gasteiger partial charge in [0.05, 0.1) is 12.5 Å². The van der Waals surface area contributed by atoms with E-state index in [1.807, 2.05) is 26.8 Å². The summed E-state index contributed by atoms with van der Waals surface area (Å²) >= 11 is 0. The fourth-order valence-corrected chi connectivity index (χ4v) is 2.52. The number of amides is 2. The predicted molar refractivity (Wildman–Crippen MR) is 72.7 cm³/mol. The van der Waals surface area contributed by atoms with E-state index in [-0.39, 0.29) is 23.8 Å². The van der Waals surface area contributed by atoms with E-state index in [1.54, 1.807) is 16.8 Å². The lowest BCUT2D eigenvalue weighted by Crippen LogP contribution is -2.36. The molecule has 0 N–H and O–H groups in total. The van der Waals surface area contributed by atoms with Crippen LogP contribution in [0.5, 0.6) is 0 Å². The Hall–Kier alpha value is -1.85. The minimum atomic E-state index is -0.247. The minimum Gasteiger partial charge on any atom is -0.361 e. The molecule has 1 fully saturated rings. The zero-order valence-corrected chi connectivity index (χ0v) is 12.4. The van der Waals surface area contributed by atoms with Gasteiger partial charge in [-0.2, -0.15) is 0 Å². The van der Waals surface area contributed by atoms with Crippen molar-refractivity contribution in [2.24, 2.45) is 5.92 Å². The number of aryl methyl sites for hydroxylation is 1. The van der Waals surface area contributed by atoms with Crippen LogP contribution in [0.3, 0.4) is 0 Å². The first kappa shape index (κ1) is 14.6. The van der Waals surface area contributed by atoms with Crippen molar-refractivity contribution in [3.8, 4) is 0 Å². The fraction of sp³-hybridized carbons (Fsp3) is 0.643. The van der Waals surface area contributed by atoms with Gasteiger partial charge in [0.25, 0.3) is 0 Å². The van der Waals surface area contributed by atoms with Gasteiger partial charge in [-0.05, 0) is 20.8 Å². The molecule has 6 heteroatoms. The first-order chi connectivity index (χ1) is 9.38. The Morgan fingerprint density at radius 3 is 2.80 bits per heavy atom. The molecule has 1 aromatic heterocycles. The molecular formula is C14H21N3O3. The molecular weight excluding hydrogens is 258 g/mol. The van der Waals surface area contributed by atoms with Gasteiger partial charge in [0, 0.05) is 32.1 Å². The third kappa shape index (κ3) is 3.00. The van der Waals surface area contributed by atoms with Crippen LogP contribution in [-0.4, -0.2) is 46.4 Å². The van der Waals surface area contributed by atoms with Crippen LogP contribution in [0.4, 0.5) is 0 Å². The summed E-state index contributed by atoms with van der Waals surface area (Å²) in [6.45, 7) is 6.66. The van der Waals surface area contributed by atoms with Crippen LogP contribution >= 0.6 is 0 Å². The van der Waals surface area contributed by atoms with Crippen LogP contribution in [0, 0.1) is 12.8 Å². The Morgan fingerprint density at radius 1 is 1.60 bits per heavy atom. The van der Waals surface area contributed by atoms with Crippen molar-refractivity contribution in [3.05, 3.63) is 17.5 Å². The quantitative estimate of drug-likeness (QED) is 0.830. The van der Waals surface area contributed by atoms with Crippen molar-refractivity contribution in [3.63, 3.8) is 0 Å². The molecule has 1 atom stereocenters. The topological polar surface area (TPSA) is 66.7 Å². The first-order valence-electron chi connectivity index (χ1n) is 6.85. The maximum Gasteiger partial charge on any atom is 0.228 e. The van der Waals surface area contributed by atoms with Crippen LogP contribution in [0.1, 0.15) is 31.7 Å². The van der Waals surface area contributed by atoms with Gasteiger partial charge in [-0.15, -0.1) is 0 Å². The van der Waals surface area contributed by atoms with Crippen molar-refractivity contribution >= 4 is 11.8 Å². The number of carbonyl (C=O) groups excluding carboxylic acids is 2. The second kappa shape index (κ2) is 5.64. The molecule has 2 heterocycles. The van der Waals surface area contributed by atoms with E-state index < -0.39 is 0 Å². The van der Waals surface area contributed by atoms with Crippen LogP contribution in [-0.2, 0) is 16.1 Å².